The summed E-state index contributed by atoms with van der Waals surface area (Å²) in [7, 11) is 0. The van der Waals surface area contributed by atoms with Crippen LogP contribution in [0, 0.1) is 5.41 Å². The summed E-state index contributed by atoms with van der Waals surface area (Å²) < 4.78 is 44.6. The second kappa shape index (κ2) is 7.31. The van der Waals surface area contributed by atoms with E-state index in [0.717, 1.165) is 44.5 Å². The molecule has 3 rings (SSSR count). The fourth-order valence-electron chi connectivity index (χ4n) is 3.72. The third kappa shape index (κ3) is 3.87. The van der Waals surface area contributed by atoms with E-state index in [4.69, 9.17) is 4.74 Å². The predicted molar refractivity (Wildman–Crippen MR) is 92.2 cm³/mol. The van der Waals surface area contributed by atoms with Crippen LogP contribution in [-0.4, -0.2) is 43.6 Å². The lowest BCUT2D eigenvalue weighted by molar-refractivity contribution is -0.137. The minimum atomic E-state index is -4.51. The molecule has 1 aromatic carbocycles. The van der Waals surface area contributed by atoms with Crippen LogP contribution in [-0.2, 0) is 6.18 Å². The minimum Gasteiger partial charge on any atom is -0.489 e. The van der Waals surface area contributed by atoms with E-state index in [2.05, 4.69) is 11.9 Å². The van der Waals surface area contributed by atoms with Crippen molar-refractivity contribution in [1.29, 1.82) is 0 Å². The summed E-state index contributed by atoms with van der Waals surface area (Å²) in [4.78, 5) is 14.5. The summed E-state index contributed by atoms with van der Waals surface area (Å²) in [6.45, 7) is 6.70. The van der Waals surface area contributed by atoms with E-state index in [9.17, 15) is 18.0 Å². The summed E-state index contributed by atoms with van der Waals surface area (Å²) >= 11 is 0. The van der Waals surface area contributed by atoms with Gasteiger partial charge in [-0.25, -0.2) is 0 Å². The predicted octanol–water partition coefficient (Wildman–Crippen LogP) is 3.49. The first-order valence-corrected chi connectivity index (χ1v) is 8.80. The molecule has 7 heteroatoms. The molecule has 0 unspecified atom stereocenters. The van der Waals surface area contributed by atoms with Crippen LogP contribution < -0.4 is 10.1 Å². The van der Waals surface area contributed by atoms with Crippen molar-refractivity contribution in [3.8, 4) is 5.75 Å². The lowest BCUT2D eigenvalue weighted by atomic mass is 9.78. The van der Waals surface area contributed by atoms with Crippen LogP contribution in [0.2, 0.25) is 0 Å². The molecular formula is C19H23F3N2O2. The minimum absolute atomic E-state index is 0.0397. The number of halogens is 3. The Kier molecular flexibility index (Phi) is 5.27. The molecule has 1 spiro atoms. The summed E-state index contributed by atoms with van der Waals surface area (Å²) in [6, 6.07) is 3.04. The molecule has 142 valence electrons. The van der Waals surface area contributed by atoms with Gasteiger partial charge in [0.1, 0.15) is 12.4 Å². The van der Waals surface area contributed by atoms with Gasteiger partial charge in [-0.15, -0.1) is 0 Å². The van der Waals surface area contributed by atoms with Crippen LogP contribution in [0.25, 0.3) is 0 Å². The number of carbonyl (C=O) groups excluding carboxylic acids is 1. The Morgan fingerprint density at radius 2 is 2.04 bits per heavy atom. The van der Waals surface area contributed by atoms with Gasteiger partial charge in [-0.3, -0.25) is 4.79 Å². The quantitative estimate of drug-likeness (QED) is 0.828. The van der Waals surface area contributed by atoms with E-state index >= 15 is 0 Å². The Morgan fingerprint density at radius 3 is 2.62 bits per heavy atom. The molecule has 26 heavy (non-hydrogen) atoms. The summed E-state index contributed by atoms with van der Waals surface area (Å²) in [5.41, 5.74) is -0.658. The molecule has 2 fully saturated rings. The molecule has 1 N–H and O–H groups in total. The summed E-state index contributed by atoms with van der Waals surface area (Å²) in [5.74, 6) is -0.248. The number of nitrogens with one attached hydrogen (secondary N) is 1. The first kappa shape index (κ1) is 18.8. The second-order valence-electron chi connectivity index (χ2n) is 7.03. The number of hydrogen-bond acceptors (Lipinski definition) is 3. The number of benzene rings is 1. The fourth-order valence-corrected chi connectivity index (χ4v) is 3.72. The van der Waals surface area contributed by atoms with Crippen molar-refractivity contribution in [2.75, 3.05) is 32.8 Å². The van der Waals surface area contributed by atoms with Crippen LogP contribution in [0.5, 0.6) is 5.75 Å². The van der Waals surface area contributed by atoms with Gasteiger partial charge < -0.3 is 15.0 Å². The SMILES string of the molecule is C=CCOc1ccc(C(F)(F)F)cc1C(=O)N1CCC2(CCNC2)CC1. The Bertz CT molecular complexity index is 672. The molecule has 0 aromatic heterocycles. The van der Waals surface area contributed by atoms with Crippen LogP contribution >= 0.6 is 0 Å². The molecule has 0 atom stereocenters. The highest BCUT2D eigenvalue weighted by Crippen LogP contribution is 2.38. The molecule has 0 aliphatic carbocycles. The van der Waals surface area contributed by atoms with Crippen molar-refractivity contribution in [3.05, 3.63) is 42.0 Å². The average molecular weight is 368 g/mol. The van der Waals surface area contributed by atoms with Gasteiger partial charge >= 0.3 is 6.18 Å². The van der Waals surface area contributed by atoms with E-state index in [0.29, 0.717) is 13.1 Å². The van der Waals surface area contributed by atoms with Crippen molar-refractivity contribution < 1.29 is 22.7 Å². The normalized spacial score (nSPS) is 19.6. The fraction of sp³-hybridized carbons (Fsp3) is 0.526. The molecule has 4 nitrogen and oxygen atoms in total. The van der Waals surface area contributed by atoms with Gasteiger partial charge in [-0.1, -0.05) is 12.7 Å². The Balaban J connectivity index is 1.81. The number of likely N-dealkylation sites (tertiary alicyclic amines) is 1. The van der Waals surface area contributed by atoms with Gasteiger partial charge in [-0.05, 0) is 49.4 Å². The van der Waals surface area contributed by atoms with Gasteiger partial charge in [-0.2, -0.15) is 13.2 Å². The van der Waals surface area contributed by atoms with E-state index in [-0.39, 0.29) is 23.3 Å². The van der Waals surface area contributed by atoms with Crippen LogP contribution in [0.1, 0.15) is 35.2 Å². The molecule has 2 saturated heterocycles. The molecule has 2 aliphatic heterocycles. The number of carbonyl (C=O) groups is 1. The lowest BCUT2D eigenvalue weighted by Crippen LogP contribution is -2.44. The van der Waals surface area contributed by atoms with Crippen LogP contribution in [0.3, 0.4) is 0 Å². The standard InChI is InChI=1S/C19H23F3N2O2/c1-2-11-26-16-4-3-14(19(20,21)22)12-15(16)17(25)24-9-6-18(7-10-24)5-8-23-13-18/h2-4,12,23H,1,5-11,13H2. The Hall–Kier alpha value is -2.02. The van der Waals surface area contributed by atoms with Crippen molar-refractivity contribution >= 4 is 5.91 Å². The van der Waals surface area contributed by atoms with Crippen molar-refractivity contribution in [3.63, 3.8) is 0 Å². The molecule has 0 radical (unpaired) electrons. The highest BCUT2D eigenvalue weighted by atomic mass is 19.4. The van der Waals surface area contributed by atoms with Gasteiger partial charge in [0.25, 0.3) is 5.91 Å². The number of hydrogen-bond donors (Lipinski definition) is 1. The Morgan fingerprint density at radius 1 is 1.31 bits per heavy atom. The maximum absolute atomic E-state index is 13.1. The number of amides is 1. The number of ether oxygens (including phenoxy) is 1. The van der Waals surface area contributed by atoms with Gasteiger partial charge in [0.15, 0.2) is 0 Å². The zero-order valence-electron chi connectivity index (χ0n) is 14.6. The number of nitrogens with zero attached hydrogens (tertiary/aromatic N) is 1. The second-order valence-corrected chi connectivity index (χ2v) is 7.03. The Labute approximate surface area is 151 Å². The highest BCUT2D eigenvalue weighted by molar-refractivity contribution is 5.97. The molecule has 1 amide bonds. The molecular weight excluding hydrogens is 345 g/mol. The molecule has 2 aliphatic rings. The van der Waals surface area contributed by atoms with E-state index in [1.807, 2.05) is 0 Å². The lowest BCUT2D eigenvalue weighted by Gasteiger charge is -2.39. The number of alkyl halides is 3. The van der Waals surface area contributed by atoms with Crippen molar-refractivity contribution in [2.24, 2.45) is 5.41 Å². The molecule has 1 aromatic rings. The van der Waals surface area contributed by atoms with E-state index in [1.54, 1.807) is 4.90 Å². The summed E-state index contributed by atoms with van der Waals surface area (Å²) in [6.07, 6.45) is -0.190. The maximum atomic E-state index is 13.1. The van der Waals surface area contributed by atoms with E-state index < -0.39 is 17.6 Å². The largest absolute Gasteiger partial charge is 0.489 e. The molecule has 0 saturated carbocycles. The summed E-state index contributed by atoms with van der Waals surface area (Å²) in [5, 5.41) is 3.36. The maximum Gasteiger partial charge on any atom is 0.416 e. The highest BCUT2D eigenvalue weighted by Gasteiger charge is 2.39. The third-order valence-electron chi connectivity index (χ3n) is 5.34. The first-order chi connectivity index (χ1) is 12.3. The monoisotopic (exact) mass is 368 g/mol. The van der Waals surface area contributed by atoms with Gasteiger partial charge in [0.05, 0.1) is 11.1 Å². The zero-order chi connectivity index (χ0) is 18.8. The van der Waals surface area contributed by atoms with Gasteiger partial charge in [0, 0.05) is 19.6 Å². The number of rotatable bonds is 4. The van der Waals surface area contributed by atoms with E-state index in [1.165, 1.54) is 12.1 Å². The first-order valence-electron chi connectivity index (χ1n) is 8.80. The molecule has 0 bridgehead atoms. The number of piperidine rings is 1. The van der Waals surface area contributed by atoms with Crippen LogP contribution in [0.4, 0.5) is 13.2 Å². The molecule has 2 heterocycles. The topological polar surface area (TPSA) is 41.6 Å². The van der Waals surface area contributed by atoms with Crippen molar-refractivity contribution in [2.45, 2.75) is 25.4 Å². The smallest absolute Gasteiger partial charge is 0.416 e. The van der Waals surface area contributed by atoms with Crippen molar-refractivity contribution in [1.82, 2.24) is 10.2 Å². The average Bonchev–Trinajstić information content (AvgIpc) is 3.07. The zero-order valence-corrected chi connectivity index (χ0v) is 14.6. The van der Waals surface area contributed by atoms with Crippen LogP contribution in [0.15, 0.2) is 30.9 Å². The third-order valence-corrected chi connectivity index (χ3v) is 5.34. The van der Waals surface area contributed by atoms with Gasteiger partial charge in [0.2, 0.25) is 0 Å².